The van der Waals surface area contributed by atoms with Gasteiger partial charge in [0.25, 0.3) is 0 Å². The molecule has 0 N–H and O–H groups in total. The summed E-state index contributed by atoms with van der Waals surface area (Å²) in [6.45, 7) is 9.43. The van der Waals surface area contributed by atoms with Crippen LogP contribution in [0.1, 0.15) is 156 Å². The highest BCUT2D eigenvalue weighted by atomic mass is 14.2. The first-order valence-electron chi connectivity index (χ1n) is 12.8. The van der Waals surface area contributed by atoms with Crippen LogP contribution in [0.2, 0.25) is 0 Å². The van der Waals surface area contributed by atoms with E-state index in [4.69, 9.17) is 0 Å². The van der Waals surface area contributed by atoms with Gasteiger partial charge in [-0.25, -0.2) is 0 Å². The van der Waals surface area contributed by atoms with Crippen molar-refractivity contribution >= 4 is 0 Å². The fraction of sp³-hybridized carbons (Fsp3) is 1.00. The van der Waals surface area contributed by atoms with Crippen molar-refractivity contribution in [3.8, 4) is 0 Å². The minimum absolute atomic E-state index is 1.01. The van der Waals surface area contributed by atoms with E-state index in [-0.39, 0.29) is 0 Å². The average Bonchev–Trinajstić information content (AvgIpc) is 2.66. The molecule has 26 heavy (non-hydrogen) atoms. The summed E-state index contributed by atoms with van der Waals surface area (Å²) in [5.41, 5.74) is 0. The van der Waals surface area contributed by atoms with E-state index in [0.717, 1.165) is 11.8 Å². The molecule has 0 heterocycles. The zero-order valence-corrected chi connectivity index (χ0v) is 19.3. The van der Waals surface area contributed by atoms with Crippen molar-refractivity contribution in [3.63, 3.8) is 0 Å². The van der Waals surface area contributed by atoms with E-state index in [2.05, 4.69) is 27.7 Å². The first-order valence-corrected chi connectivity index (χ1v) is 12.8. The summed E-state index contributed by atoms with van der Waals surface area (Å²) in [7, 11) is 0. The molecular weight excluding hydrogens is 312 g/mol. The molecule has 0 aliphatic heterocycles. The largest absolute Gasteiger partial charge is 0.0654 e. The predicted octanol–water partition coefficient (Wildman–Crippen LogP) is 10.1. The summed E-state index contributed by atoms with van der Waals surface area (Å²) in [6.07, 6.45) is 29.2. The van der Waals surface area contributed by atoms with Crippen molar-refractivity contribution in [2.24, 2.45) is 11.8 Å². The van der Waals surface area contributed by atoms with E-state index in [1.807, 2.05) is 0 Å². The molecular formula is C26H54. The van der Waals surface area contributed by atoms with Gasteiger partial charge in [-0.2, -0.15) is 0 Å². The quantitative estimate of drug-likeness (QED) is 0.177. The smallest absolute Gasteiger partial charge is 0.0386 e. The van der Waals surface area contributed by atoms with Gasteiger partial charge in [0.1, 0.15) is 0 Å². The Morgan fingerprint density at radius 2 is 0.654 bits per heavy atom. The van der Waals surface area contributed by atoms with Crippen LogP contribution in [0.25, 0.3) is 0 Å². The lowest BCUT2D eigenvalue weighted by molar-refractivity contribution is 0.249. The van der Waals surface area contributed by atoms with Crippen LogP contribution in [0.5, 0.6) is 0 Å². The molecule has 0 amide bonds. The van der Waals surface area contributed by atoms with Gasteiger partial charge < -0.3 is 0 Å². The Balaban J connectivity index is 4.14. The molecule has 2 atom stereocenters. The maximum atomic E-state index is 2.46. The maximum Gasteiger partial charge on any atom is -0.0386 e. The number of hydrogen-bond acceptors (Lipinski definition) is 0. The second-order valence-electron chi connectivity index (χ2n) is 8.89. The summed E-state index contributed by atoms with van der Waals surface area (Å²) in [5, 5.41) is 0. The van der Waals surface area contributed by atoms with Gasteiger partial charge in [0, 0.05) is 0 Å². The molecule has 0 saturated heterocycles. The zero-order valence-electron chi connectivity index (χ0n) is 19.3. The van der Waals surface area contributed by atoms with E-state index in [9.17, 15) is 0 Å². The van der Waals surface area contributed by atoms with E-state index in [1.165, 1.54) is 128 Å². The van der Waals surface area contributed by atoms with Crippen LogP contribution in [0.15, 0.2) is 0 Å². The van der Waals surface area contributed by atoms with Crippen LogP contribution in [0, 0.1) is 11.8 Å². The lowest BCUT2D eigenvalue weighted by Crippen LogP contribution is -2.15. The molecule has 0 rings (SSSR count). The molecule has 0 aliphatic rings. The van der Waals surface area contributed by atoms with Crippen LogP contribution < -0.4 is 0 Å². The SMILES string of the molecule is CCCCCCCCC(CC)C(CCCCCC)CCCCCCCC. The number of rotatable bonds is 21. The van der Waals surface area contributed by atoms with Crippen molar-refractivity contribution in [1.29, 1.82) is 0 Å². The van der Waals surface area contributed by atoms with Crippen LogP contribution in [0.3, 0.4) is 0 Å². The normalized spacial score (nSPS) is 13.8. The molecule has 0 spiro atoms. The second kappa shape index (κ2) is 21.3. The third-order valence-corrected chi connectivity index (χ3v) is 6.48. The van der Waals surface area contributed by atoms with Crippen molar-refractivity contribution < 1.29 is 0 Å². The summed E-state index contributed by atoms with van der Waals surface area (Å²) in [6, 6.07) is 0. The Morgan fingerprint density at radius 1 is 0.346 bits per heavy atom. The second-order valence-corrected chi connectivity index (χ2v) is 8.89. The molecule has 0 aromatic rings. The molecule has 2 unspecified atom stereocenters. The van der Waals surface area contributed by atoms with Crippen molar-refractivity contribution in [3.05, 3.63) is 0 Å². The van der Waals surface area contributed by atoms with Gasteiger partial charge in [0.2, 0.25) is 0 Å². The first kappa shape index (κ1) is 26.0. The molecule has 0 aromatic heterocycles. The highest BCUT2D eigenvalue weighted by molar-refractivity contribution is 4.70. The van der Waals surface area contributed by atoms with Gasteiger partial charge >= 0.3 is 0 Å². The molecule has 0 aliphatic carbocycles. The first-order chi connectivity index (χ1) is 12.8. The van der Waals surface area contributed by atoms with Crippen molar-refractivity contribution in [1.82, 2.24) is 0 Å². The van der Waals surface area contributed by atoms with Crippen LogP contribution >= 0.6 is 0 Å². The van der Waals surface area contributed by atoms with Crippen LogP contribution in [-0.4, -0.2) is 0 Å². The number of unbranched alkanes of at least 4 members (excludes halogenated alkanes) is 13. The third-order valence-electron chi connectivity index (χ3n) is 6.48. The van der Waals surface area contributed by atoms with E-state index >= 15 is 0 Å². The molecule has 0 aromatic carbocycles. The molecule has 0 fully saturated rings. The van der Waals surface area contributed by atoms with Gasteiger partial charge in [0.15, 0.2) is 0 Å². The van der Waals surface area contributed by atoms with E-state index < -0.39 is 0 Å². The van der Waals surface area contributed by atoms with Crippen molar-refractivity contribution in [2.45, 2.75) is 156 Å². The third kappa shape index (κ3) is 16.2. The summed E-state index contributed by atoms with van der Waals surface area (Å²) >= 11 is 0. The lowest BCUT2D eigenvalue weighted by atomic mass is 9.79. The van der Waals surface area contributed by atoms with E-state index in [0.29, 0.717) is 0 Å². The fourth-order valence-electron chi connectivity index (χ4n) is 4.60. The Kier molecular flexibility index (Phi) is 21.3. The van der Waals surface area contributed by atoms with Gasteiger partial charge in [-0.3, -0.25) is 0 Å². The molecule has 0 heteroatoms. The minimum atomic E-state index is 1.01. The Morgan fingerprint density at radius 3 is 1.04 bits per heavy atom. The average molecular weight is 367 g/mol. The molecule has 0 nitrogen and oxygen atoms in total. The summed E-state index contributed by atoms with van der Waals surface area (Å²) in [4.78, 5) is 0. The Hall–Kier alpha value is 0. The van der Waals surface area contributed by atoms with Gasteiger partial charge in [-0.05, 0) is 11.8 Å². The zero-order chi connectivity index (χ0) is 19.3. The Labute approximate surface area is 168 Å². The summed E-state index contributed by atoms with van der Waals surface area (Å²) < 4.78 is 0. The van der Waals surface area contributed by atoms with Crippen LogP contribution in [0.4, 0.5) is 0 Å². The van der Waals surface area contributed by atoms with Gasteiger partial charge in [0.05, 0.1) is 0 Å². The topological polar surface area (TPSA) is 0 Å². The monoisotopic (exact) mass is 366 g/mol. The van der Waals surface area contributed by atoms with Gasteiger partial charge in [-0.15, -0.1) is 0 Å². The number of hydrogen-bond donors (Lipinski definition) is 0. The predicted molar refractivity (Wildman–Crippen MR) is 122 cm³/mol. The molecule has 158 valence electrons. The summed E-state index contributed by atoms with van der Waals surface area (Å²) in [5.74, 6) is 2.04. The van der Waals surface area contributed by atoms with E-state index in [1.54, 1.807) is 0 Å². The van der Waals surface area contributed by atoms with Crippen molar-refractivity contribution in [2.75, 3.05) is 0 Å². The standard InChI is InChI=1S/C26H54/c1-5-9-12-15-17-20-22-25(8-4)26(23-19-14-11-7-3)24-21-18-16-13-10-6-2/h25-26H,5-24H2,1-4H3. The highest BCUT2D eigenvalue weighted by Gasteiger charge is 2.19. The maximum absolute atomic E-state index is 2.46. The molecule has 0 radical (unpaired) electrons. The van der Waals surface area contributed by atoms with Crippen LogP contribution in [-0.2, 0) is 0 Å². The highest BCUT2D eigenvalue weighted by Crippen LogP contribution is 2.31. The molecule has 0 bridgehead atoms. The lowest BCUT2D eigenvalue weighted by Gasteiger charge is -2.27. The minimum Gasteiger partial charge on any atom is -0.0654 e. The Bertz CT molecular complexity index is 244. The molecule has 0 saturated carbocycles. The van der Waals surface area contributed by atoms with Gasteiger partial charge in [-0.1, -0.05) is 156 Å². The fourth-order valence-corrected chi connectivity index (χ4v) is 4.60.